The number of hydrogen-bond donors (Lipinski definition) is 1. The van der Waals surface area contributed by atoms with E-state index in [1.54, 1.807) is 24.4 Å². The van der Waals surface area contributed by atoms with Crippen molar-refractivity contribution in [3.05, 3.63) is 102 Å². The summed E-state index contributed by atoms with van der Waals surface area (Å²) in [5, 5.41) is 3.72. The Kier molecular flexibility index (Phi) is 5.72. The molecule has 0 saturated carbocycles. The van der Waals surface area contributed by atoms with Gasteiger partial charge < -0.3 is 10.6 Å². The van der Waals surface area contributed by atoms with E-state index in [9.17, 15) is 4.79 Å². The third-order valence-corrected chi connectivity index (χ3v) is 3.95. The highest BCUT2D eigenvalue weighted by Gasteiger charge is 2.19. The Morgan fingerprint density at radius 2 is 1.50 bits per heavy atom. The predicted molar refractivity (Wildman–Crippen MR) is 100 cm³/mol. The van der Waals surface area contributed by atoms with Gasteiger partial charge in [0.25, 0.3) is 0 Å². The number of nitrogens with zero attached hydrogens (tertiary/aromatic N) is 2. The van der Waals surface area contributed by atoms with Gasteiger partial charge in [-0.05, 0) is 23.3 Å². The van der Waals surface area contributed by atoms with E-state index in [1.165, 1.54) is 0 Å². The molecule has 3 aromatic rings. The number of amidine groups is 1. The number of benzene rings is 2. The standard InChI is InChI=1S/C21H19N3O2/c22-21(19-13-7-8-14-23-19)24-26-20(25)15-18(16-9-3-1-4-10-16)17-11-5-2-6-12-17/h1-14,18H,15H2,(H2,22,24). The van der Waals surface area contributed by atoms with Crippen LogP contribution in [0, 0.1) is 0 Å². The van der Waals surface area contributed by atoms with E-state index in [-0.39, 0.29) is 18.2 Å². The summed E-state index contributed by atoms with van der Waals surface area (Å²) in [5.74, 6) is -0.507. The normalized spacial score (nSPS) is 11.3. The van der Waals surface area contributed by atoms with Crippen molar-refractivity contribution < 1.29 is 9.63 Å². The fourth-order valence-electron chi connectivity index (χ4n) is 2.66. The summed E-state index contributed by atoms with van der Waals surface area (Å²) < 4.78 is 0. The molecule has 0 saturated heterocycles. The number of rotatable bonds is 6. The van der Waals surface area contributed by atoms with Crippen molar-refractivity contribution in [2.45, 2.75) is 12.3 Å². The van der Waals surface area contributed by atoms with Gasteiger partial charge in [-0.1, -0.05) is 71.9 Å². The summed E-state index contributed by atoms with van der Waals surface area (Å²) in [6, 6.07) is 24.9. The van der Waals surface area contributed by atoms with E-state index in [0.29, 0.717) is 5.69 Å². The second-order valence-corrected chi connectivity index (χ2v) is 5.73. The van der Waals surface area contributed by atoms with Gasteiger partial charge in [-0.2, -0.15) is 0 Å². The number of oxime groups is 1. The fourth-order valence-corrected chi connectivity index (χ4v) is 2.66. The first-order chi connectivity index (χ1) is 12.7. The summed E-state index contributed by atoms with van der Waals surface area (Å²) in [5.41, 5.74) is 8.35. The van der Waals surface area contributed by atoms with Crippen molar-refractivity contribution in [2.24, 2.45) is 10.9 Å². The summed E-state index contributed by atoms with van der Waals surface area (Å²) in [6.07, 6.45) is 1.76. The highest BCUT2D eigenvalue weighted by atomic mass is 16.7. The van der Waals surface area contributed by atoms with Crippen molar-refractivity contribution in [1.82, 2.24) is 4.98 Å². The highest BCUT2D eigenvalue weighted by molar-refractivity contribution is 5.95. The van der Waals surface area contributed by atoms with Crippen LogP contribution in [0.2, 0.25) is 0 Å². The maximum atomic E-state index is 12.3. The smallest absolute Gasteiger partial charge is 0.336 e. The molecule has 0 spiro atoms. The van der Waals surface area contributed by atoms with Gasteiger partial charge in [-0.15, -0.1) is 0 Å². The van der Waals surface area contributed by atoms with Gasteiger partial charge in [0.05, 0.1) is 6.42 Å². The quantitative estimate of drug-likeness (QED) is 0.321. The van der Waals surface area contributed by atoms with E-state index in [1.807, 2.05) is 60.7 Å². The first-order valence-corrected chi connectivity index (χ1v) is 8.28. The van der Waals surface area contributed by atoms with Crippen LogP contribution in [-0.2, 0) is 9.63 Å². The van der Waals surface area contributed by atoms with Gasteiger partial charge in [0.1, 0.15) is 5.69 Å². The molecular formula is C21H19N3O2. The molecule has 0 radical (unpaired) electrons. The molecule has 2 aromatic carbocycles. The van der Waals surface area contributed by atoms with Crippen molar-refractivity contribution >= 4 is 11.8 Å². The van der Waals surface area contributed by atoms with Crippen LogP contribution in [0.1, 0.15) is 29.2 Å². The summed E-state index contributed by atoms with van der Waals surface area (Å²) >= 11 is 0. The van der Waals surface area contributed by atoms with Crippen LogP contribution in [0.25, 0.3) is 0 Å². The monoisotopic (exact) mass is 345 g/mol. The second-order valence-electron chi connectivity index (χ2n) is 5.73. The Bertz CT molecular complexity index is 826. The van der Waals surface area contributed by atoms with Crippen molar-refractivity contribution in [1.29, 1.82) is 0 Å². The third kappa shape index (κ3) is 4.54. The Balaban J connectivity index is 1.74. The molecule has 0 fully saturated rings. The lowest BCUT2D eigenvalue weighted by atomic mass is 9.89. The SMILES string of the molecule is N/C(=N/OC(=O)CC(c1ccccc1)c1ccccc1)c1ccccn1. The van der Waals surface area contributed by atoms with Crippen LogP contribution < -0.4 is 5.73 Å². The molecule has 130 valence electrons. The molecule has 5 nitrogen and oxygen atoms in total. The number of aromatic nitrogens is 1. The molecule has 0 amide bonds. The summed E-state index contributed by atoms with van der Waals surface area (Å²) in [7, 11) is 0. The summed E-state index contributed by atoms with van der Waals surface area (Å²) in [6.45, 7) is 0. The van der Waals surface area contributed by atoms with Crippen LogP contribution in [0.15, 0.2) is 90.2 Å². The lowest BCUT2D eigenvalue weighted by molar-refractivity contribution is -0.143. The van der Waals surface area contributed by atoms with Gasteiger partial charge in [0.15, 0.2) is 5.84 Å². The zero-order valence-corrected chi connectivity index (χ0v) is 14.2. The highest BCUT2D eigenvalue weighted by Crippen LogP contribution is 2.28. The molecule has 0 aliphatic rings. The Morgan fingerprint density at radius 1 is 0.923 bits per heavy atom. The van der Waals surface area contributed by atoms with E-state index in [0.717, 1.165) is 11.1 Å². The topological polar surface area (TPSA) is 77.6 Å². The molecule has 0 aliphatic carbocycles. The predicted octanol–water partition coefficient (Wildman–Crippen LogP) is 3.47. The van der Waals surface area contributed by atoms with Crippen LogP contribution in [0.5, 0.6) is 0 Å². The average molecular weight is 345 g/mol. The van der Waals surface area contributed by atoms with Gasteiger partial charge in [0.2, 0.25) is 0 Å². The molecule has 5 heteroatoms. The molecule has 1 aromatic heterocycles. The number of nitrogens with two attached hydrogens (primary N) is 1. The van der Waals surface area contributed by atoms with Crippen LogP contribution in [0.4, 0.5) is 0 Å². The average Bonchev–Trinajstić information content (AvgIpc) is 2.72. The van der Waals surface area contributed by atoms with E-state index in [2.05, 4.69) is 10.1 Å². The Labute approximate surface area is 152 Å². The van der Waals surface area contributed by atoms with Crippen LogP contribution in [-0.4, -0.2) is 16.8 Å². The van der Waals surface area contributed by atoms with E-state index in [4.69, 9.17) is 10.6 Å². The number of carbonyl (C=O) groups is 1. The third-order valence-electron chi connectivity index (χ3n) is 3.95. The minimum absolute atomic E-state index is 0.0647. The minimum Gasteiger partial charge on any atom is -0.379 e. The molecule has 0 unspecified atom stereocenters. The zero-order valence-electron chi connectivity index (χ0n) is 14.2. The number of pyridine rings is 1. The van der Waals surface area contributed by atoms with Crippen molar-refractivity contribution in [3.63, 3.8) is 0 Å². The molecule has 1 heterocycles. The van der Waals surface area contributed by atoms with Gasteiger partial charge in [-0.3, -0.25) is 4.98 Å². The maximum absolute atomic E-state index is 12.3. The van der Waals surface area contributed by atoms with Crippen molar-refractivity contribution in [2.75, 3.05) is 0 Å². The molecule has 3 rings (SSSR count). The Morgan fingerprint density at radius 3 is 2.04 bits per heavy atom. The Hall–Kier alpha value is -3.47. The van der Waals surface area contributed by atoms with Gasteiger partial charge in [0, 0.05) is 12.1 Å². The van der Waals surface area contributed by atoms with Crippen molar-refractivity contribution in [3.8, 4) is 0 Å². The van der Waals surface area contributed by atoms with Gasteiger partial charge >= 0.3 is 5.97 Å². The first-order valence-electron chi connectivity index (χ1n) is 8.28. The molecule has 26 heavy (non-hydrogen) atoms. The van der Waals surface area contributed by atoms with E-state index < -0.39 is 5.97 Å². The first kappa shape index (κ1) is 17.4. The molecule has 2 N–H and O–H groups in total. The lowest BCUT2D eigenvalue weighted by Gasteiger charge is -2.16. The molecular weight excluding hydrogens is 326 g/mol. The zero-order chi connectivity index (χ0) is 18.2. The molecule has 0 atom stereocenters. The fraction of sp³-hybridized carbons (Fsp3) is 0.0952. The largest absolute Gasteiger partial charge is 0.379 e. The second kappa shape index (κ2) is 8.58. The minimum atomic E-state index is -0.457. The molecule has 0 bridgehead atoms. The van der Waals surface area contributed by atoms with Crippen LogP contribution >= 0.6 is 0 Å². The number of hydrogen-bond acceptors (Lipinski definition) is 4. The number of carbonyl (C=O) groups excluding carboxylic acids is 1. The van der Waals surface area contributed by atoms with E-state index >= 15 is 0 Å². The summed E-state index contributed by atoms with van der Waals surface area (Å²) in [4.78, 5) is 21.4. The van der Waals surface area contributed by atoms with Crippen LogP contribution in [0.3, 0.4) is 0 Å². The molecule has 0 aliphatic heterocycles. The van der Waals surface area contributed by atoms with Gasteiger partial charge in [-0.25, -0.2) is 4.79 Å². The maximum Gasteiger partial charge on any atom is 0.336 e. The lowest BCUT2D eigenvalue weighted by Crippen LogP contribution is -2.17.